The average Bonchev–Trinajstić information content (AvgIpc) is 2.32. The molecule has 2 N–H and O–H groups in total. The van der Waals surface area contributed by atoms with E-state index in [0.717, 1.165) is 17.7 Å². The van der Waals surface area contributed by atoms with Gasteiger partial charge in [-0.05, 0) is 36.8 Å². The van der Waals surface area contributed by atoms with Gasteiger partial charge in [0.2, 0.25) is 0 Å². The topological polar surface area (TPSA) is 66.4 Å². The Morgan fingerprint density at radius 3 is 2.40 bits per heavy atom. The lowest BCUT2D eigenvalue weighted by Gasteiger charge is -2.10. The number of hydrogen-bond acceptors (Lipinski definition) is 3. The van der Waals surface area contributed by atoms with E-state index in [0.29, 0.717) is 6.07 Å². The van der Waals surface area contributed by atoms with Crippen LogP contribution in [0.25, 0.3) is 0 Å². The first-order valence-electron chi connectivity index (χ1n) is 5.57. The summed E-state index contributed by atoms with van der Waals surface area (Å²) < 4.78 is 52.3. The van der Waals surface area contributed by atoms with Gasteiger partial charge < -0.3 is 5.11 Å². The molecule has 0 unspecified atom stereocenters. The van der Waals surface area contributed by atoms with Crippen molar-refractivity contribution in [2.24, 2.45) is 0 Å². The normalized spacial score (nSPS) is 11.3. The van der Waals surface area contributed by atoms with Crippen LogP contribution in [0.1, 0.15) is 5.56 Å². The molecule has 0 fully saturated rings. The summed E-state index contributed by atoms with van der Waals surface area (Å²) in [7, 11) is -4.25. The molecule has 2 aromatic rings. The first kappa shape index (κ1) is 14.3. The van der Waals surface area contributed by atoms with Crippen LogP contribution in [0.15, 0.2) is 41.3 Å². The minimum Gasteiger partial charge on any atom is -0.506 e. The molecule has 20 heavy (non-hydrogen) atoms. The van der Waals surface area contributed by atoms with E-state index in [1.54, 1.807) is 13.0 Å². The van der Waals surface area contributed by atoms with Crippen LogP contribution in [0.5, 0.6) is 5.75 Å². The second-order valence-electron chi connectivity index (χ2n) is 4.20. The Bertz CT molecular complexity index is 760. The molecule has 0 aliphatic heterocycles. The third-order valence-corrected chi connectivity index (χ3v) is 3.98. The Hall–Kier alpha value is -2.15. The van der Waals surface area contributed by atoms with Gasteiger partial charge in [0, 0.05) is 6.07 Å². The summed E-state index contributed by atoms with van der Waals surface area (Å²) in [5, 5.41) is 9.63. The number of aryl methyl sites for hydroxylation is 1. The summed E-state index contributed by atoms with van der Waals surface area (Å²) in [5.41, 5.74) is 0.651. The predicted molar refractivity (Wildman–Crippen MR) is 70.0 cm³/mol. The molecule has 0 spiro atoms. The number of rotatable bonds is 3. The Morgan fingerprint density at radius 2 is 1.80 bits per heavy atom. The third-order valence-electron chi connectivity index (χ3n) is 2.58. The van der Waals surface area contributed by atoms with Crippen molar-refractivity contribution in [2.45, 2.75) is 11.8 Å². The number of aromatic hydroxyl groups is 1. The first-order chi connectivity index (χ1) is 9.29. The van der Waals surface area contributed by atoms with Gasteiger partial charge in [-0.15, -0.1) is 0 Å². The quantitative estimate of drug-likeness (QED) is 0.856. The summed E-state index contributed by atoms with van der Waals surface area (Å²) in [6, 6.07) is 6.43. The average molecular weight is 299 g/mol. The fourth-order valence-electron chi connectivity index (χ4n) is 1.62. The van der Waals surface area contributed by atoms with Gasteiger partial charge in [-0.1, -0.05) is 6.07 Å². The minimum atomic E-state index is -4.25. The Kier molecular flexibility index (Phi) is 3.63. The molecule has 0 amide bonds. The summed E-state index contributed by atoms with van der Waals surface area (Å²) in [5.74, 6) is -2.36. The number of anilines is 1. The van der Waals surface area contributed by atoms with Gasteiger partial charge >= 0.3 is 0 Å². The highest BCUT2D eigenvalue weighted by Crippen LogP contribution is 2.27. The van der Waals surface area contributed by atoms with Crippen LogP contribution >= 0.6 is 0 Å². The number of hydrogen-bond donors (Lipinski definition) is 2. The Balaban J connectivity index is 2.41. The van der Waals surface area contributed by atoms with Crippen molar-refractivity contribution in [3.63, 3.8) is 0 Å². The molecule has 106 valence electrons. The molecule has 0 radical (unpaired) electrons. The van der Waals surface area contributed by atoms with Gasteiger partial charge in [-0.2, -0.15) is 0 Å². The Morgan fingerprint density at radius 1 is 1.10 bits per heavy atom. The SMILES string of the molecule is Cc1ccc(NS(=O)(=O)c2ccc(F)cc2F)c(O)c1. The van der Waals surface area contributed by atoms with Gasteiger partial charge in [0.25, 0.3) is 10.0 Å². The van der Waals surface area contributed by atoms with E-state index in [-0.39, 0.29) is 11.4 Å². The molecule has 0 saturated heterocycles. The smallest absolute Gasteiger partial charge is 0.264 e. The molecule has 7 heteroatoms. The van der Waals surface area contributed by atoms with Crippen LogP contribution < -0.4 is 4.72 Å². The Labute approximate surface area is 114 Å². The maximum absolute atomic E-state index is 13.5. The molecule has 0 saturated carbocycles. The van der Waals surface area contributed by atoms with E-state index in [1.807, 2.05) is 0 Å². The third kappa shape index (κ3) is 2.88. The fourth-order valence-corrected chi connectivity index (χ4v) is 2.76. The number of sulfonamides is 1. The second kappa shape index (κ2) is 5.09. The number of benzene rings is 2. The van der Waals surface area contributed by atoms with E-state index in [1.165, 1.54) is 12.1 Å². The molecule has 0 bridgehead atoms. The van der Waals surface area contributed by atoms with Crippen molar-refractivity contribution in [1.29, 1.82) is 0 Å². The molecule has 0 aromatic heterocycles. The molecule has 0 aliphatic carbocycles. The number of halogens is 2. The lowest BCUT2D eigenvalue weighted by molar-refractivity contribution is 0.477. The minimum absolute atomic E-state index is 0.0840. The van der Waals surface area contributed by atoms with Crippen LogP contribution in [-0.2, 0) is 10.0 Å². The van der Waals surface area contributed by atoms with Crippen molar-refractivity contribution in [3.05, 3.63) is 53.6 Å². The van der Waals surface area contributed by atoms with Crippen molar-refractivity contribution in [2.75, 3.05) is 4.72 Å². The number of phenolic OH excluding ortho intramolecular Hbond substituents is 1. The van der Waals surface area contributed by atoms with E-state index >= 15 is 0 Å². The molecule has 0 atom stereocenters. The van der Waals surface area contributed by atoms with Crippen LogP contribution in [-0.4, -0.2) is 13.5 Å². The van der Waals surface area contributed by atoms with Crippen LogP contribution in [0.2, 0.25) is 0 Å². The molecule has 4 nitrogen and oxygen atoms in total. The summed E-state index contributed by atoms with van der Waals surface area (Å²) >= 11 is 0. The lowest BCUT2D eigenvalue weighted by Crippen LogP contribution is -2.14. The zero-order chi connectivity index (χ0) is 14.9. The highest BCUT2D eigenvalue weighted by molar-refractivity contribution is 7.92. The van der Waals surface area contributed by atoms with Crippen LogP contribution in [0.4, 0.5) is 14.5 Å². The van der Waals surface area contributed by atoms with Gasteiger partial charge in [0.1, 0.15) is 22.3 Å². The summed E-state index contributed by atoms with van der Waals surface area (Å²) in [6.07, 6.45) is 0. The summed E-state index contributed by atoms with van der Waals surface area (Å²) in [6.45, 7) is 1.72. The van der Waals surface area contributed by atoms with Gasteiger partial charge in [0.05, 0.1) is 5.69 Å². The lowest BCUT2D eigenvalue weighted by atomic mass is 10.2. The van der Waals surface area contributed by atoms with E-state index < -0.39 is 26.6 Å². The van der Waals surface area contributed by atoms with Gasteiger partial charge in [0.15, 0.2) is 0 Å². The van der Waals surface area contributed by atoms with Crippen LogP contribution in [0, 0.1) is 18.6 Å². The van der Waals surface area contributed by atoms with E-state index in [4.69, 9.17) is 0 Å². The first-order valence-corrected chi connectivity index (χ1v) is 7.05. The predicted octanol–water partition coefficient (Wildman–Crippen LogP) is 2.78. The molecule has 0 heterocycles. The number of nitrogens with one attached hydrogen (secondary N) is 1. The molecule has 0 aliphatic rings. The van der Waals surface area contributed by atoms with Crippen LogP contribution in [0.3, 0.4) is 0 Å². The van der Waals surface area contributed by atoms with E-state index in [2.05, 4.69) is 4.72 Å². The van der Waals surface area contributed by atoms with Crippen molar-refractivity contribution in [1.82, 2.24) is 0 Å². The molecule has 2 rings (SSSR count). The largest absolute Gasteiger partial charge is 0.506 e. The molecular weight excluding hydrogens is 288 g/mol. The van der Waals surface area contributed by atoms with Crippen molar-refractivity contribution >= 4 is 15.7 Å². The number of phenols is 1. The maximum Gasteiger partial charge on any atom is 0.264 e. The highest BCUT2D eigenvalue weighted by Gasteiger charge is 2.20. The maximum atomic E-state index is 13.5. The van der Waals surface area contributed by atoms with E-state index in [9.17, 15) is 22.3 Å². The highest BCUT2D eigenvalue weighted by atomic mass is 32.2. The second-order valence-corrected chi connectivity index (χ2v) is 5.85. The monoisotopic (exact) mass is 299 g/mol. The van der Waals surface area contributed by atoms with Crippen molar-refractivity contribution in [3.8, 4) is 5.75 Å². The fraction of sp³-hybridized carbons (Fsp3) is 0.0769. The van der Waals surface area contributed by atoms with Gasteiger partial charge in [-0.3, -0.25) is 4.72 Å². The summed E-state index contributed by atoms with van der Waals surface area (Å²) in [4.78, 5) is -0.695. The molecular formula is C13H11F2NO3S. The van der Waals surface area contributed by atoms with Gasteiger partial charge in [-0.25, -0.2) is 17.2 Å². The standard InChI is InChI=1S/C13H11F2NO3S/c1-8-2-4-11(12(17)6-8)16-20(18,19)13-5-3-9(14)7-10(13)15/h2-7,16-17H,1H3. The zero-order valence-electron chi connectivity index (χ0n) is 10.4. The van der Waals surface area contributed by atoms with Crippen molar-refractivity contribution < 1.29 is 22.3 Å². The molecule has 2 aromatic carbocycles. The zero-order valence-corrected chi connectivity index (χ0v) is 11.2.